The lowest BCUT2D eigenvalue weighted by molar-refractivity contribution is 1.19. The molecule has 0 fully saturated rings. The first-order valence-corrected chi connectivity index (χ1v) is 4.92. The number of nitrogens with two attached hydrogens (primary N) is 1. The third-order valence-electron chi connectivity index (χ3n) is 2.59. The van der Waals surface area contributed by atoms with Crippen molar-refractivity contribution in [2.24, 2.45) is 0 Å². The average Bonchev–Trinajstić information content (AvgIpc) is 2.27. The molecule has 0 amide bonds. The van der Waals surface area contributed by atoms with Gasteiger partial charge in [0.05, 0.1) is 10.9 Å². The first kappa shape index (κ1) is 8.91. The van der Waals surface area contributed by atoms with Gasteiger partial charge in [0.2, 0.25) is 5.95 Å². The maximum absolute atomic E-state index is 11.7. The average molecular weight is 211 g/mol. The number of anilines is 1. The molecular formula is C12H9N3O. The van der Waals surface area contributed by atoms with E-state index in [9.17, 15) is 4.79 Å². The molecule has 2 aromatic carbocycles. The summed E-state index contributed by atoms with van der Waals surface area (Å²) in [6.45, 7) is 0. The third-order valence-corrected chi connectivity index (χ3v) is 2.59. The fourth-order valence-corrected chi connectivity index (χ4v) is 1.84. The van der Waals surface area contributed by atoms with Crippen LogP contribution in [0.2, 0.25) is 0 Å². The molecule has 0 unspecified atom stereocenters. The van der Waals surface area contributed by atoms with Crippen molar-refractivity contribution in [3.63, 3.8) is 0 Å². The first-order chi connectivity index (χ1) is 7.74. The summed E-state index contributed by atoms with van der Waals surface area (Å²) in [5, 5.41) is 2.63. The summed E-state index contributed by atoms with van der Waals surface area (Å²) in [4.78, 5) is 18.3. The van der Waals surface area contributed by atoms with E-state index in [4.69, 9.17) is 5.73 Å². The highest BCUT2D eigenvalue weighted by Crippen LogP contribution is 2.19. The summed E-state index contributed by atoms with van der Waals surface area (Å²) in [7, 11) is 0. The Morgan fingerprint density at radius 3 is 2.56 bits per heavy atom. The zero-order valence-electron chi connectivity index (χ0n) is 8.40. The van der Waals surface area contributed by atoms with Gasteiger partial charge in [-0.25, -0.2) is 4.98 Å². The van der Waals surface area contributed by atoms with E-state index in [1.165, 1.54) is 0 Å². The van der Waals surface area contributed by atoms with E-state index in [0.717, 1.165) is 10.8 Å². The molecule has 4 heteroatoms. The van der Waals surface area contributed by atoms with Crippen LogP contribution in [0.25, 0.3) is 21.7 Å². The zero-order chi connectivity index (χ0) is 11.1. The molecule has 1 heterocycles. The number of nitrogens with one attached hydrogen (secondary N) is 1. The molecule has 3 aromatic rings. The van der Waals surface area contributed by atoms with Gasteiger partial charge in [-0.1, -0.05) is 24.3 Å². The highest BCUT2D eigenvalue weighted by Gasteiger charge is 2.03. The molecule has 4 nitrogen and oxygen atoms in total. The molecule has 3 N–H and O–H groups in total. The number of nitrogens with zero attached hydrogens (tertiary/aromatic N) is 1. The first-order valence-electron chi connectivity index (χ1n) is 4.92. The van der Waals surface area contributed by atoms with Gasteiger partial charge in [0.25, 0.3) is 5.56 Å². The van der Waals surface area contributed by atoms with E-state index in [-0.39, 0.29) is 11.5 Å². The Kier molecular flexibility index (Phi) is 1.71. The fourth-order valence-electron chi connectivity index (χ4n) is 1.84. The minimum absolute atomic E-state index is 0.146. The van der Waals surface area contributed by atoms with Crippen molar-refractivity contribution in [1.82, 2.24) is 9.97 Å². The highest BCUT2D eigenvalue weighted by atomic mass is 16.1. The number of fused-ring (bicyclic) bond motifs is 2. The van der Waals surface area contributed by atoms with Crippen LogP contribution in [-0.2, 0) is 0 Å². The normalized spacial score (nSPS) is 11.0. The van der Waals surface area contributed by atoms with Crippen LogP contribution in [0.3, 0.4) is 0 Å². The molecule has 0 aliphatic heterocycles. The van der Waals surface area contributed by atoms with Crippen LogP contribution in [-0.4, -0.2) is 9.97 Å². The number of benzene rings is 2. The molecule has 0 saturated heterocycles. The molecule has 1 aromatic heterocycles. The van der Waals surface area contributed by atoms with Crippen LogP contribution >= 0.6 is 0 Å². The van der Waals surface area contributed by atoms with E-state index in [0.29, 0.717) is 10.9 Å². The van der Waals surface area contributed by atoms with Gasteiger partial charge in [-0.05, 0) is 22.9 Å². The molecule has 0 spiro atoms. The van der Waals surface area contributed by atoms with Gasteiger partial charge in [0.15, 0.2) is 0 Å². The van der Waals surface area contributed by atoms with E-state index in [2.05, 4.69) is 9.97 Å². The summed E-state index contributed by atoms with van der Waals surface area (Å²) >= 11 is 0. The van der Waals surface area contributed by atoms with Crippen molar-refractivity contribution < 1.29 is 0 Å². The molecule has 0 atom stereocenters. The second-order valence-corrected chi connectivity index (χ2v) is 3.67. The Bertz CT molecular complexity index is 746. The van der Waals surface area contributed by atoms with Gasteiger partial charge >= 0.3 is 0 Å². The summed E-state index contributed by atoms with van der Waals surface area (Å²) in [5.74, 6) is 0.146. The quantitative estimate of drug-likeness (QED) is 0.555. The second kappa shape index (κ2) is 3.06. The number of H-pyrrole nitrogens is 1. The van der Waals surface area contributed by atoms with Crippen molar-refractivity contribution in [1.29, 1.82) is 0 Å². The monoisotopic (exact) mass is 211 g/mol. The molecule has 78 valence electrons. The lowest BCUT2D eigenvalue weighted by atomic mass is 10.1. The van der Waals surface area contributed by atoms with E-state index >= 15 is 0 Å². The summed E-state index contributed by atoms with van der Waals surface area (Å²) in [6, 6.07) is 11.5. The molecule has 0 saturated carbocycles. The maximum Gasteiger partial charge on any atom is 0.260 e. The number of aromatic nitrogens is 2. The second-order valence-electron chi connectivity index (χ2n) is 3.67. The Balaban J connectivity index is 2.56. The molecule has 3 rings (SSSR count). The lowest BCUT2D eigenvalue weighted by Gasteiger charge is -2.01. The molecule has 16 heavy (non-hydrogen) atoms. The number of hydrogen-bond donors (Lipinski definition) is 2. The number of hydrogen-bond acceptors (Lipinski definition) is 3. The van der Waals surface area contributed by atoms with Crippen molar-refractivity contribution >= 4 is 27.6 Å². The largest absolute Gasteiger partial charge is 0.369 e. The van der Waals surface area contributed by atoms with Gasteiger partial charge < -0.3 is 5.73 Å². The molecular weight excluding hydrogens is 202 g/mol. The summed E-state index contributed by atoms with van der Waals surface area (Å²) < 4.78 is 0. The Morgan fingerprint density at radius 1 is 1.12 bits per heavy atom. The smallest absolute Gasteiger partial charge is 0.260 e. The lowest BCUT2D eigenvalue weighted by Crippen LogP contribution is -2.10. The summed E-state index contributed by atoms with van der Waals surface area (Å²) in [5.41, 5.74) is 5.93. The minimum Gasteiger partial charge on any atom is -0.369 e. The van der Waals surface area contributed by atoms with E-state index in [1.54, 1.807) is 0 Å². The van der Waals surface area contributed by atoms with Crippen molar-refractivity contribution in [2.45, 2.75) is 0 Å². The van der Waals surface area contributed by atoms with Crippen molar-refractivity contribution in [2.75, 3.05) is 5.73 Å². The van der Waals surface area contributed by atoms with E-state index in [1.807, 2.05) is 36.4 Å². The van der Waals surface area contributed by atoms with Crippen LogP contribution in [0.5, 0.6) is 0 Å². The topological polar surface area (TPSA) is 71.8 Å². The van der Waals surface area contributed by atoms with Gasteiger partial charge in [0.1, 0.15) is 0 Å². The van der Waals surface area contributed by atoms with Gasteiger partial charge in [-0.15, -0.1) is 0 Å². The Labute approximate surface area is 90.7 Å². The fraction of sp³-hybridized carbons (Fsp3) is 0. The molecule has 0 bridgehead atoms. The number of nitrogen functional groups attached to an aromatic ring is 1. The van der Waals surface area contributed by atoms with Gasteiger partial charge in [0, 0.05) is 0 Å². The summed E-state index contributed by atoms with van der Waals surface area (Å²) in [6.07, 6.45) is 0. The molecule has 0 aliphatic rings. The standard InChI is InChI=1S/C12H9N3O/c13-12-14-10-6-8-4-2-1-3-7(8)5-9(10)11(16)15-12/h1-6H,(H3,13,14,15,16). The van der Waals surface area contributed by atoms with Crippen molar-refractivity contribution in [3.05, 3.63) is 46.8 Å². The Hall–Kier alpha value is -2.36. The van der Waals surface area contributed by atoms with Gasteiger partial charge in [-0.2, -0.15) is 0 Å². The van der Waals surface area contributed by atoms with E-state index < -0.39 is 0 Å². The third kappa shape index (κ3) is 1.24. The SMILES string of the molecule is Nc1nc2cc3ccccc3cc2c(=O)[nH]1. The zero-order valence-corrected chi connectivity index (χ0v) is 8.40. The van der Waals surface area contributed by atoms with Crippen molar-refractivity contribution in [3.8, 4) is 0 Å². The molecule has 0 aliphatic carbocycles. The van der Waals surface area contributed by atoms with Crippen LogP contribution in [0, 0.1) is 0 Å². The maximum atomic E-state index is 11.7. The predicted octanol–water partition coefficient (Wildman–Crippen LogP) is 1.66. The predicted molar refractivity (Wildman–Crippen MR) is 64.3 cm³/mol. The number of aromatic amines is 1. The van der Waals surface area contributed by atoms with Crippen LogP contribution in [0.1, 0.15) is 0 Å². The van der Waals surface area contributed by atoms with Crippen LogP contribution in [0.15, 0.2) is 41.2 Å². The molecule has 0 radical (unpaired) electrons. The van der Waals surface area contributed by atoms with Crippen LogP contribution in [0.4, 0.5) is 5.95 Å². The number of rotatable bonds is 0. The minimum atomic E-state index is -0.201. The highest BCUT2D eigenvalue weighted by molar-refractivity contribution is 5.96. The Morgan fingerprint density at radius 2 is 1.81 bits per heavy atom. The van der Waals surface area contributed by atoms with Crippen LogP contribution < -0.4 is 11.3 Å². The van der Waals surface area contributed by atoms with Gasteiger partial charge in [-0.3, -0.25) is 9.78 Å².